The summed E-state index contributed by atoms with van der Waals surface area (Å²) in [5.74, 6) is 0. The van der Waals surface area contributed by atoms with E-state index in [0.29, 0.717) is 0 Å². The number of aromatic nitrogens is 2. The van der Waals surface area contributed by atoms with E-state index in [4.69, 9.17) is 0 Å². The molecule has 1 aromatic heterocycles. The van der Waals surface area contributed by atoms with E-state index in [1.54, 1.807) is 6.33 Å². The zero-order valence-electron chi connectivity index (χ0n) is 11.3. The SMILES string of the molecule is c1ccc2c(c1)CCCN2.c1ccc2ncncc2c1. The van der Waals surface area contributed by atoms with Crippen LogP contribution >= 0.6 is 0 Å². The zero-order chi connectivity index (χ0) is 13.6. The number of nitrogens with zero attached hydrogens (tertiary/aromatic N) is 2. The van der Waals surface area contributed by atoms with Crippen LogP contribution in [0.3, 0.4) is 0 Å². The summed E-state index contributed by atoms with van der Waals surface area (Å²) in [6.45, 7) is 1.14. The molecule has 1 aliphatic rings. The highest BCUT2D eigenvalue weighted by molar-refractivity contribution is 5.76. The van der Waals surface area contributed by atoms with Crippen molar-refractivity contribution in [1.82, 2.24) is 9.97 Å². The minimum absolute atomic E-state index is 0.998. The van der Waals surface area contributed by atoms with Crippen LogP contribution in [0.1, 0.15) is 12.0 Å². The summed E-state index contributed by atoms with van der Waals surface area (Å²) < 4.78 is 0. The van der Waals surface area contributed by atoms with Crippen LogP contribution in [0.25, 0.3) is 10.9 Å². The van der Waals surface area contributed by atoms with Crippen molar-refractivity contribution in [3.05, 3.63) is 66.6 Å². The summed E-state index contributed by atoms with van der Waals surface area (Å²) >= 11 is 0. The minimum atomic E-state index is 0.998. The summed E-state index contributed by atoms with van der Waals surface area (Å²) in [5.41, 5.74) is 3.79. The number of rotatable bonds is 0. The number of aryl methyl sites for hydroxylation is 1. The second-order valence-corrected chi connectivity index (χ2v) is 4.77. The van der Waals surface area contributed by atoms with Crippen molar-refractivity contribution in [1.29, 1.82) is 0 Å². The lowest BCUT2D eigenvalue weighted by Crippen LogP contribution is -2.10. The third-order valence-corrected chi connectivity index (χ3v) is 3.37. The van der Waals surface area contributed by atoms with E-state index >= 15 is 0 Å². The van der Waals surface area contributed by atoms with Gasteiger partial charge in [0, 0.05) is 23.8 Å². The van der Waals surface area contributed by atoms with Gasteiger partial charge in [-0.2, -0.15) is 0 Å². The molecule has 0 fully saturated rings. The van der Waals surface area contributed by atoms with Gasteiger partial charge in [0.25, 0.3) is 0 Å². The van der Waals surface area contributed by atoms with Crippen molar-refractivity contribution < 1.29 is 0 Å². The Kier molecular flexibility index (Phi) is 3.88. The summed E-state index contributed by atoms with van der Waals surface area (Å²) in [6.07, 6.45) is 5.88. The highest BCUT2D eigenvalue weighted by Gasteiger charge is 2.04. The third kappa shape index (κ3) is 2.94. The first kappa shape index (κ1) is 12.6. The first-order valence-corrected chi connectivity index (χ1v) is 6.90. The van der Waals surface area contributed by atoms with E-state index in [9.17, 15) is 0 Å². The lowest BCUT2D eigenvalue weighted by molar-refractivity contribution is 0.830. The lowest BCUT2D eigenvalue weighted by Gasteiger charge is -2.16. The molecule has 20 heavy (non-hydrogen) atoms. The molecule has 3 heteroatoms. The molecule has 3 aromatic rings. The molecule has 2 heterocycles. The molecule has 2 aromatic carbocycles. The Bertz CT molecular complexity index is 604. The van der Waals surface area contributed by atoms with E-state index in [1.165, 1.54) is 24.1 Å². The van der Waals surface area contributed by atoms with Crippen LogP contribution in [-0.2, 0) is 6.42 Å². The molecule has 0 amide bonds. The summed E-state index contributed by atoms with van der Waals surface area (Å²) in [7, 11) is 0. The molecule has 100 valence electrons. The Balaban J connectivity index is 0.000000121. The van der Waals surface area contributed by atoms with E-state index in [0.717, 1.165) is 17.4 Å². The second-order valence-electron chi connectivity index (χ2n) is 4.77. The smallest absolute Gasteiger partial charge is 0.116 e. The van der Waals surface area contributed by atoms with Gasteiger partial charge in [0.15, 0.2) is 0 Å². The minimum Gasteiger partial charge on any atom is -0.385 e. The number of fused-ring (bicyclic) bond motifs is 2. The molecule has 0 saturated carbocycles. The van der Waals surface area contributed by atoms with Crippen molar-refractivity contribution in [2.24, 2.45) is 0 Å². The van der Waals surface area contributed by atoms with Gasteiger partial charge in [0.05, 0.1) is 5.52 Å². The molecule has 0 aliphatic carbocycles. The van der Waals surface area contributed by atoms with Gasteiger partial charge >= 0.3 is 0 Å². The number of nitrogens with one attached hydrogen (secondary N) is 1. The predicted octanol–water partition coefficient (Wildman–Crippen LogP) is 3.67. The van der Waals surface area contributed by atoms with Crippen LogP contribution in [0.5, 0.6) is 0 Å². The molecule has 1 aliphatic heterocycles. The fourth-order valence-corrected chi connectivity index (χ4v) is 2.34. The summed E-state index contributed by atoms with van der Waals surface area (Å²) in [6, 6.07) is 16.4. The quantitative estimate of drug-likeness (QED) is 0.672. The first-order valence-electron chi connectivity index (χ1n) is 6.90. The average Bonchev–Trinajstić information content (AvgIpc) is 2.56. The van der Waals surface area contributed by atoms with Crippen LogP contribution in [0.2, 0.25) is 0 Å². The number of anilines is 1. The molecule has 1 N–H and O–H groups in total. The Morgan fingerprint density at radius 3 is 2.70 bits per heavy atom. The Morgan fingerprint density at radius 1 is 0.950 bits per heavy atom. The number of para-hydroxylation sites is 2. The van der Waals surface area contributed by atoms with E-state index in [-0.39, 0.29) is 0 Å². The standard InChI is InChI=1S/C9H11N.C8H6N2/c1-2-6-9-8(4-1)5-3-7-10-9;1-2-4-8-7(3-1)5-9-6-10-8/h1-2,4,6,10H,3,5,7H2;1-6H. The Hall–Kier alpha value is -2.42. The van der Waals surface area contributed by atoms with E-state index in [1.807, 2.05) is 30.5 Å². The van der Waals surface area contributed by atoms with Crippen LogP contribution in [0, 0.1) is 0 Å². The van der Waals surface area contributed by atoms with Crippen molar-refractivity contribution in [3.63, 3.8) is 0 Å². The third-order valence-electron chi connectivity index (χ3n) is 3.37. The van der Waals surface area contributed by atoms with Gasteiger partial charge in [-0.3, -0.25) is 0 Å². The second kappa shape index (κ2) is 6.15. The number of hydrogen-bond acceptors (Lipinski definition) is 3. The van der Waals surface area contributed by atoms with E-state index < -0.39 is 0 Å². The average molecular weight is 263 g/mol. The van der Waals surface area contributed by atoms with E-state index in [2.05, 4.69) is 39.6 Å². The zero-order valence-corrected chi connectivity index (χ0v) is 11.3. The maximum atomic E-state index is 4.07. The fraction of sp³-hybridized carbons (Fsp3) is 0.176. The summed E-state index contributed by atoms with van der Waals surface area (Å²) in [5, 5.41) is 4.45. The van der Waals surface area contributed by atoms with Gasteiger partial charge in [-0.15, -0.1) is 0 Å². The van der Waals surface area contributed by atoms with Crippen LogP contribution in [0.4, 0.5) is 5.69 Å². The maximum absolute atomic E-state index is 4.07. The van der Waals surface area contributed by atoms with Gasteiger partial charge in [-0.1, -0.05) is 36.4 Å². The first-order chi connectivity index (χ1) is 9.93. The Labute approximate surface area is 118 Å². The summed E-state index contributed by atoms with van der Waals surface area (Å²) in [4.78, 5) is 7.97. The molecule has 3 nitrogen and oxygen atoms in total. The normalized spacial score (nSPS) is 12.8. The van der Waals surface area contributed by atoms with Gasteiger partial charge in [-0.05, 0) is 30.5 Å². The van der Waals surface area contributed by atoms with Gasteiger partial charge in [-0.25, -0.2) is 9.97 Å². The van der Waals surface area contributed by atoms with Gasteiger partial charge in [0.1, 0.15) is 6.33 Å². The van der Waals surface area contributed by atoms with Gasteiger partial charge in [0.2, 0.25) is 0 Å². The van der Waals surface area contributed by atoms with Crippen LogP contribution in [-0.4, -0.2) is 16.5 Å². The highest BCUT2D eigenvalue weighted by atomic mass is 14.9. The van der Waals surface area contributed by atoms with Crippen LogP contribution < -0.4 is 5.32 Å². The topological polar surface area (TPSA) is 37.8 Å². The molecule has 0 atom stereocenters. The van der Waals surface area contributed by atoms with Crippen molar-refractivity contribution in [3.8, 4) is 0 Å². The molecule has 0 spiro atoms. The lowest BCUT2D eigenvalue weighted by atomic mass is 10.0. The molecule has 0 saturated heterocycles. The largest absolute Gasteiger partial charge is 0.385 e. The molecule has 0 unspecified atom stereocenters. The molecule has 0 bridgehead atoms. The number of benzene rings is 2. The predicted molar refractivity (Wildman–Crippen MR) is 82.8 cm³/mol. The molecular formula is C17H17N3. The number of hydrogen-bond donors (Lipinski definition) is 1. The molecule has 0 radical (unpaired) electrons. The maximum Gasteiger partial charge on any atom is 0.116 e. The molecular weight excluding hydrogens is 246 g/mol. The van der Waals surface area contributed by atoms with Crippen LogP contribution in [0.15, 0.2) is 61.1 Å². The molecule has 4 rings (SSSR count). The van der Waals surface area contributed by atoms with Crippen molar-refractivity contribution >= 4 is 16.6 Å². The Morgan fingerprint density at radius 2 is 1.80 bits per heavy atom. The monoisotopic (exact) mass is 263 g/mol. The fourth-order valence-electron chi connectivity index (χ4n) is 2.34. The highest BCUT2D eigenvalue weighted by Crippen LogP contribution is 2.20. The van der Waals surface area contributed by atoms with Crippen molar-refractivity contribution in [2.45, 2.75) is 12.8 Å². The van der Waals surface area contributed by atoms with Gasteiger partial charge < -0.3 is 5.32 Å². The van der Waals surface area contributed by atoms with Crippen molar-refractivity contribution in [2.75, 3.05) is 11.9 Å².